The molecule has 4 nitrogen and oxygen atoms in total. The largest absolute Gasteiger partial charge is 0.395 e. The summed E-state index contributed by atoms with van der Waals surface area (Å²) in [4.78, 5) is -0.609. The number of anilines is 1. The van der Waals surface area contributed by atoms with Crippen LogP contribution in [-0.2, 0) is 10.0 Å². The van der Waals surface area contributed by atoms with E-state index in [1.165, 1.54) is 0 Å². The van der Waals surface area contributed by atoms with Crippen LogP contribution in [0.2, 0.25) is 5.02 Å². The molecule has 0 aliphatic carbocycles. The Balaban J connectivity index is 3.27. The zero-order valence-electron chi connectivity index (χ0n) is 9.88. The van der Waals surface area contributed by atoms with Gasteiger partial charge < -0.3 is 5.73 Å². The molecular weight excluding hydrogens is 359 g/mol. The quantitative estimate of drug-likeness (QED) is 0.487. The number of rotatable bonds is 4. The number of nitrogens with two attached hydrogens (primary N) is 1. The lowest BCUT2D eigenvalue weighted by atomic mass is 10.3. The average molecular weight is 370 g/mol. The molecule has 0 fully saturated rings. The molecule has 0 amide bonds. The van der Waals surface area contributed by atoms with Gasteiger partial charge in [0.25, 0.3) is 0 Å². The van der Waals surface area contributed by atoms with Crippen molar-refractivity contribution in [2.24, 2.45) is 0 Å². The summed E-state index contributed by atoms with van der Waals surface area (Å²) >= 11 is 8.74. The molecule has 1 aromatic carbocycles. The second kappa shape index (κ2) is 6.09. The van der Waals surface area contributed by atoms with Crippen LogP contribution < -0.4 is 10.5 Å². The number of nitrogens with one attached hydrogen (secondary N) is 1. The van der Waals surface area contributed by atoms with Gasteiger partial charge in [0.1, 0.15) is 4.90 Å². The Bertz CT molecular complexity index is 643. The minimum absolute atomic E-state index is 0.00359. The van der Waals surface area contributed by atoms with E-state index >= 15 is 0 Å². The van der Waals surface area contributed by atoms with Gasteiger partial charge in [-0.25, -0.2) is 17.5 Å². The normalized spacial score (nSPS) is 13.0. The first-order chi connectivity index (χ1) is 8.70. The molecule has 0 heterocycles. The van der Waals surface area contributed by atoms with Gasteiger partial charge in [0.15, 0.2) is 5.82 Å². The third-order valence-electron chi connectivity index (χ3n) is 2.23. The number of terminal acetylenes is 1. The Kier molecular flexibility index (Phi) is 5.21. The Morgan fingerprint density at radius 1 is 1.68 bits per heavy atom. The summed E-state index contributed by atoms with van der Waals surface area (Å²) in [5, 5.41) is 0.00359. The lowest BCUT2D eigenvalue weighted by Crippen LogP contribution is -2.33. The van der Waals surface area contributed by atoms with Gasteiger partial charge in [0, 0.05) is 12.5 Å². The first-order valence-corrected chi connectivity index (χ1v) is 7.75. The zero-order chi connectivity index (χ0) is 14.8. The minimum Gasteiger partial charge on any atom is -0.395 e. The molecule has 0 bridgehead atoms. The standard InChI is InChI=1S/C11H11BrClFN2O2S/c1-3-4-6(2)16-19(17,18)8-5-7(13)9(12)11(15)10(8)14/h1,5-6,16H,4,15H2,2H3. The van der Waals surface area contributed by atoms with Crippen LogP contribution in [0, 0.1) is 18.2 Å². The van der Waals surface area contributed by atoms with Crippen molar-refractivity contribution in [3.63, 3.8) is 0 Å². The van der Waals surface area contributed by atoms with Gasteiger partial charge in [-0.05, 0) is 28.9 Å². The Morgan fingerprint density at radius 3 is 2.79 bits per heavy atom. The maximum atomic E-state index is 13.9. The van der Waals surface area contributed by atoms with E-state index in [-0.39, 0.29) is 21.6 Å². The Labute approximate surface area is 124 Å². The zero-order valence-corrected chi connectivity index (χ0v) is 13.0. The molecule has 0 spiro atoms. The molecule has 1 rings (SSSR count). The van der Waals surface area contributed by atoms with Crippen LogP contribution in [0.3, 0.4) is 0 Å². The summed E-state index contributed by atoms with van der Waals surface area (Å²) < 4.78 is 40.3. The van der Waals surface area contributed by atoms with Crippen molar-refractivity contribution < 1.29 is 12.8 Å². The van der Waals surface area contributed by atoms with Crippen LogP contribution in [0.15, 0.2) is 15.4 Å². The number of sulfonamides is 1. The van der Waals surface area contributed by atoms with E-state index in [0.29, 0.717) is 0 Å². The van der Waals surface area contributed by atoms with Gasteiger partial charge in [0.05, 0.1) is 15.2 Å². The molecule has 104 valence electrons. The fourth-order valence-corrected chi connectivity index (χ4v) is 3.26. The minimum atomic E-state index is -4.08. The average Bonchev–Trinajstić information content (AvgIpc) is 2.30. The molecule has 8 heteroatoms. The molecule has 0 aromatic heterocycles. The lowest BCUT2D eigenvalue weighted by Gasteiger charge is -2.14. The number of nitrogen functional groups attached to an aromatic ring is 1. The van der Waals surface area contributed by atoms with Gasteiger partial charge in [-0.2, -0.15) is 0 Å². The monoisotopic (exact) mass is 368 g/mol. The van der Waals surface area contributed by atoms with E-state index in [9.17, 15) is 12.8 Å². The molecule has 1 unspecified atom stereocenters. The summed E-state index contributed by atoms with van der Waals surface area (Å²) in [5.74, 6) is 1.25. The second-order valence-corrected chi connectivity index (χ2v) is 6.71. The highest BCUT2D eigenvalue weighted by Crippen LogP contribution is 2.34. The van der Waals surface area contributed by atoms with E-state index in [1.54, 1.807) is 6.92 Å². The number of benzene rings is 1. The number of halogens is 3. The molecule has 0 radical (unpaired) electrons. The highest BCUT2D eigenvalue weighted by Gasteiger charge is 2.25. The number of hydrogen-bond donors (Lipinski definition) is 2. The summed E-state index contributed by atoms with van der Waals surface area (Å²) in [7, 11) is -4.08. The molecular formula is C11H11BrClFN2O2S. The van der Waals surface area contributed by atoms with Gasteiger partial charge in [0.2, 0.25) is 10.0 Å². The van der Waals surface area contributed by atoms with Crippen LogP contribution in [0.25, 0.3) is 0 Å². The lowest BCUT2D eigenvalue weighted by molar-refractivity contribution is 0.546. The third-order valence-corrected chi connectivity index (χ3v) is 5.20. The molecule has 0 saturated carbocycles. The fourth-order valence-electron chi connectivity index (χ4n) is 1.34. The first kappa shape index (κ1) is 16.2. The highest BCUT2D eigenvalue weighted by atomic mass is 79.9. The first-order valence-electron chi connectivity index (χ1n) is 5.09. The van der Waals surface area contributed by atoms with E-state index in [1.807, 2.05) is 0 Å². The number of hydrogen-bond acceptors (Lipinski definition) is 3. The van der Waals surface area contributed by atoms with Gasteiger partial charge in [-0.15, -0.1) is 12.3 Å². The van der Waals surface area contributed by atoms with Crippen LogP contribution in [0.1, 0.15) is 13.3 Å². The molecule has 1 atom stereocenters. The van der Waals surface area contributed by atoms with Gasteiger partial charge in [-0.1, -0.05) is 11.6 Å². The van der Waals surface area contributed by atoms with Crippen molar-refractivity contribution in [1.29, 1.82) is 0 Å². The van der Waals surface area contributed by atoms with Crippen molar-refractivity contribution in [3.05, 3.63) is 21.4 Å². The van der Waals surface area contributed by atoms with Crippen molar-refractivity contribution in [3.8, 4) is 12.3 Å². The predicted molar refractivity (Wildman–Crippen MR) is 76.8 cm³/mol. The summed E-state index contributed by atoms with van der Waals surface area (Å²) in [5.41, 5.74) is 5.08. The SMILES string of the molecule is C#CCC(C)NS(=O)(=O)c1cc(Cl)c(Br)c(N)c1F. The van der Waals surface area contributed by atoms with E-state index in [0.717, 1.165) is 6.07 Å². The van der Waals surface area contributed by atoms with Crippen molar-refractivity contribution >= 4 is 43.2 Å². The van der Waals surface area contributed by atoms with Crippen LogP contribution in [0.5, 0.6) is 0 Å². The van der Waals surface area contributed by atoms with Crippen molar-refractivity contribution in [2.45, 2.75) is 24.3 Å². The fraction of sp³-hybridized carbons (Fsp3) is 0.273. The topological polar surface area (TPSA) is 72.2 Å². The highest BCUT2D eigenvalue weighted by molar-refractivity contribution is 9.10. The molecule has 0 aliphatic rings. The van der Waals surface area contributed by atoms with Gasteiger partial charge in [-0.3, -0.25) is 0 Å². The van der Waals surface area contributed by atoms with Crippen LogP contribution >= 0.6 is 27.5 Å². The molecule has 0 aliphatic heterocycles. The van der Waals surface area contributed by atoms with E-state index in [2.05, 4.69) is 26.6 Å². The second-order valence-electron chi connectivity index (χ2n) is 3.83. The third kappa shape index (κ3) is 3.60. The van der Waals surface area contributed by atoms with Gasteiger partial charge >= 0.3 is 0 Å². The van der Waals surface area contributed by atoms with Crippen LogP contribution in [0.4, 0.5) is 10.1 Å². The maximum absolute atomic E-state index is 13.9. The summed E-state index contributed by atoms with van der Waals surface area (Å²) in [6.45, 7) is 1.57. The van der Waals surface area contributed by atoms with E-state index < -0.39 is 26.8 Å². The van der Waals surface area contributed by atoms with E-state index in [4.69, 9.17) is 23.8 Å². The smallest absolute Gasteiger partial charge is 0.243 e. The maximum Gasteiger partial charge on any atom is 0.243 e. The summed E-state index contributed by atoms with van der Waals surface area (Å²) in [6, 6.07) is 0.459. The van der Waals surface area contributed by atoms with Crippen molar-refractivity contribution in [1.82, 2.24) is 4.72 Å². The van der Waals surface area contributed by atoms with Crippen molar-refractivity contribution in [2.75, 3.05) is 5.73 Å². The predicted octanol–water partition coefficient (Wildman–Crippen LogP) is 2.51. The molecule has 19 heavy (non-hydrogen) atoms. The Morgan fingerprint density at radius 2 is 2.26 bits per heavy atom. The summed E-state index contributed by atoms with van der Waals surface area (Å²) in [6.07, 6.45) is 5.26. The molecule has 0 saturated heterocycles. The Hall–Kier alpha value is -0.810. The molecule has 1 aromatic rings. The molecule has 3 N–H and O–H groups in total. The van der Waals surface area contributed by atoms with Crippen LogP contribution in [-0.4, -0.2) is 14.5 Å².